The molecule has 0 atom stereocenters. The van der Waals surface area contributed by atoms with Crippen LogP contribution in [0.3, 0.4) is 0 Å². The van der Waals surface area contributed by atoms with E-state index in [9.17, 15) is 13.2 Å². The quantitative estimate of drug-likeness (QED) is 0.593. The van der Waals surface area contributed by atoms with E-state index in [1.807, 2.05) is 38.1 Å². The Morgan fingerprint density at radius 3 is 2.39 bits per heavy atom. The summed E-state index contributed by atoms with van der Waals surface area (Å²) in [5, 5.41) is 10.1. The number of hydrogen-bond acceptors (Lipinski definition) is 7. The maximum Gasteiger partial charge on any atom is 0.264 e. The Hall–Kier alpha value is -2.78. The minimum atomic E-state index is -3.63. The summed E-state index contributed by atoms with van der Waals surface area (Å²) >= 11 is 0.818. The molecule has 0 aliphatic carbocycles. The molecular formula is C19H19N3O4S2. The van der Waals surface area contributed by atoms with Crippen molar-refractivity contribution in [1.82, 2.24) is 10.2 Å². The predicted octanol–water partition coefficient (Wildman–Crippen LogP) is 3.15. The second kappa shape index (κ2) is 8.49. The van der Waals surface area contributed by atoms with Crippen LogP contribution in [0, 0.1) is 13.8 Å². The van der Waals surface area contributed by atoms with Gasteiger partial charge < -0.3 is 4.74 Å². The van der Waals surface area contributed by atoms with Crippen LogP contribution >= 0.6 is 11.3 Å². The molecule has 7 nitrogen and oxygen atoms in total. The number of ether oxygens (including phenoxy) is 1. The second-order valence-corrected chi connectivity index (χ2v) is 9.32. The maximum absolute atomic E-state index is 12.5. The van der Waals surface area contributed by atoms with E-state index in [0.717, 1.165) is 22.5 Å². The minimum Gasteiger partial charge on any atom is -0.483 e. The second-order valence-electron chi connectivity index (χ2n) is 6.18. The monoisotopic (exact) mass is 417 g/mol. The van der Waals surface area contributed by atoms with E-state index in [0.29, 0.717) is 11.3 Å². The summed E-state index contributed by atoms with van der Waals surface area (Å²) in [5.74, 6) is 0.0402. The summed E-state index contributed by atoms with van der Waals surface area (Å²) in [5.41, 5.74) is 2.52. The Balaban J connectivity index is 1.61. The summed E-state index contributed by atoms with van der Waals surface area (Å²) in [6, 6.07) is 14.5. The zero-order valence-corrected chi connectivity index (χ0v) is 17.0. The average molecular weight is 418 g/mol. The van der Waals surface area contributed by atoms with Crippen LogP contribution < -0.4 is 10.1 Å². The van der Waals surface area contributed by atoms with E-state index in [1.54, 1.807) is 24.3 Å². The van der Waals surface area contributed by atoms with Gasteiger partial charge >= 0.3 is 0 Å². The van der Waals surface area contributed by atoms with E-state index in [4.69, 9.17) is 4.74 Å². The van der Waals surface area contributed by atoms with Gasteiger partial charge in [-0.25, -0.2) is 8.42 Å². The summed E-state index contributed by atoms with van der Waals surface area (Å²) in [6.45, 7) is 3.58. The Morgan fingerprint density at radius 2 is 1.71 bits per heavy atom. The molecule has 9 heteroatoms. The third-order valence-electron chi connectivity index (χ3n) is 3.87. The molecule has 3 rings (SSSR count). The molecule has 1 aromatic heterocycles. The van der Waals surface area contributed by atoms with Crippen molar-refractivity contribution in [3.63, 3.8) is 0 Å². The Morgan fingerprint density at radius 1 is 1.04 bits per heavy atom. The predicted molar refractivity (Wildman–Crippen MR) is 107 cm³/mol. The van der Waals surface area contributed by atoms with Crippen LogP contribution in [0.4, 0.5) is 5.13 Å². The van der Waals surface area contributed by atoms with Crippen molar-refractivity contribution in [1.29, 1.82) is 0 Å². The van der Waals surface area contributed by atoms with Gasteiger partial charge in [-0.15, -0.1) is 10.2 Å². The Labute approximate surface area is 167 Å². The normalized spacial score (nSPS) is 11.2. The number of nitrogens with zero attached hydrogens (tertiary/aromatic N) is 2. The largest absolute Gasteiger partial charge is 0.483 e. The van der Waals surface area contributed by atoms with Crippen LogP contribution in [0.25, 0.3) is 0 Å². The number of aromatic nitrogens is 2. The zero-order valence-electron chi connectivity index (χ0n) is 15.4. The number of amides is 1. The number of carbonyl (C=O) groups excluding carboxylic acids is 1. The molecule has 146 valence electrons. The van der Waals surface area contributed by atoms with Gasteiger partial charge in [0.1, 0.15) is 5.75 Å². The van der Waals surface area contributed by atoms with Crippen LogP contribution in [0.5, 0.6) is 5.75 Å². The first kappa shape index (κ1) is 20.0. The topological polar surface area (TPSA) is 98.2 Å². The molecule has 0 saturated heterocycles. The highest BCUT2D eigenvalue weighted by Crippen LogP contribution is 2.24. The van der Waals surface area contributed by atoms with Crippen LogP contribution in [-0.2, 0) is 20.4 Å². The molecule has 0 spiro atoms. The van der Waals surface area contributed by atoms with Crippen molar-refractivity contribution in [3.8, 4) is 5.75 Å². The van der Waals surface area contributed by atoms with Gasteiger partial charge in [0.05, 0.1) is 5.75 Å². The van der Waals surface area contributed by atoms with E-state index < -0.39 is 15.7 Å². The molecule has 0 saturated carbocycles. The number of carbonyl (C=O) groups is 1. The van der Waals surface area contributed by atoms with Crippen molar-refractivity contribution in [2.75, 3.05) is 11.9 Å². The van der Waals surface area contributed by atoms with Gasteiger partial charge in [-0.3, -0.25) is 10.1 Å². The number of hydrogen-bond donors (Lipinski definition) is 1. The van der Waals surface area contributed by atoms with Gasteiger partial charge in [0.2, 0.25) is 19.3 Å². The first-order valence-corrected chi connectivity index (χ1v) is 10.9. The first-order chi connectivity index (χ1) is 13.3. The number of anilines is 1. The van der Waals surface area contributed by atoms with Crippen LogP contribution in [-0.4, -0.2) is 31.1 Å². The van der Waals surface area contributed by atoms with Gasteiger partial charge in [0.25, 0.3) is 5.91 Å². The standard InChI is InChI=1S/C19H19N3O4S2/c1-13-7-6-8-14(2)17(13)26-11-16(23)20-18-21-22-19(27-18)28(24,25)12-15-9-4-3-5-10-15/h3-10H,11-12H2,1-2H3,(H,20,21,23). The van der Waals surface area contributed by atoms with Gasteiger partial charge in [-0.05, 0) is 30.5 Å². The number of para-hydroxylation sites is 1. The fraction of sp³-hybridized carbons (Fsp3) is 0.211. The summed E-state index contributed by atoms with van der Waals surface area (Å²) < 4.78 is 30.4. The van der Waals surface area contributed by atoms with E-state index in [-0.39, 0.29) is 21.8 Å². The fourth-order valence-corrected chi connectivity index (χ4v) is 4.90. The Bertz CT molecular complexity index is 1060. The smallest absolute Gasteiger partial charge is 0.264 e. The van der Waals surface area contributed by atoms with Gasteiger partial charge in [-0.1, -0.05) is 59.9 Å². The van der Waals surface area contributed by atoms with Gasteiger partial charge in [-0.2, -0.15) is 0 Å². The number of sulfone groups is 1. The number of rotatable bonds is 7. The highest BCUT2D eigenvalue weighted by atomic mass is 32.2. The van der Waals surface area contributed by atoms with E-state index in [1.165, 1.54) is 0 Å². The molecule has 3 aromatic rings. The van der Waals surface area contributed by atoms with Gasteiger partial charge in [0.15, 0.2) is 6.61 Å². The maximum atomic E-state index is 12.5. The lowest BCUT2D eigenvalue weighted by atomic mass is 10.1. The average Bonchev–Trinajstić information content (AvgIpc) is 3.11. The van der Waals surface area contributed by atoms with Crippen LogP contribution in [0.2, 0.25) is 0 Å². The molecule has 1 amide bonds. The lowest BCUT2D eigenvalue weighted by Crippen LogP contribution is -2.20. The first-order valence-electron chi connectivity index (χ1n) is 8.44. The summed E-state index contributed by atoms with van der Waals surface area (Å²) in [6.07, 6.45) is 0. The van der Waals surface area contributed by atoms with Crippen LogP contribution in [0.1, 0.15) is 16.7 Å². The van der Waals surface area contributed by atoms with E-state index in [2.05, 4.69) is 15.5 Å². The van der Waals surface area contributed by atoms with Crippen LogP contribution in [0.15, 0.2) is 52.9 Å². The van der Waals surface area contributed by atoms with Crippen molar-refractivity contribution in [2.24, 2.45) is 0 Å². The molecule has 1 heterocycles. The van der Waals surface area contributed by atoms with Crippen molar-refractivity contribution < 1.29 is 17.9 Å². The molecule has 1 N–H and O–H groups in total. The highest BCUT2D eigenvalue weighted by Gasteiger charge is 2.21. The van der Waals surface area contributed by atoms with Gasteiger partial charge in [0, 0.05) is 0 Å². The number of aryl methyl sites for hydroxylation is 2. The number of nitrogens with one attached hydrogen (secondary N) is 1. The Kier molecular flexibility index (Phi) is 6.05. The molecule has 2 aromatic carbocycles. The lowest BCUT2D eigenvalue weighted by Gasteiger charge is -2.11. The highest BCUT2D eigenvalue weighted by molar-refractivity contribution is 7.92. The minimum absolute atomic E-state index is 0.113. The summed E-state index contributed by atoms with van der Waals surface area (Å²) in [4.78, 5) is 12.1. The van der Waals surface area contributed by atoms with Crippen molar-refractivity contribution in [2.45, 2.75) is 23.9 Å². The molecule has 0 radical (unpaired) electrons. The summed E-state index contributed by atoms with van der Waals surface area (Å²) in [7, 11) is -3.63. The zero-order chi connectivity index (χ0) is 20.1. The molecule has 0 bridgehead atoms. The molecule has 0 unspecified atom stereocenters. The third-order valence-corrected chi connectivity index (χ3v) is 6.85. The lowest BCUT2D eigenvalue weighted by molar-refractivity contribution is -0.118. The molecule has 0 aliphatic heterocycles. The molecular weight excluding hydrogens is 398 g/mol. The molecule has 28 heavy (non-hydrogen) atoms. The fourth-order valence-electron chi connectivity index (χ4n) is 2.56. The molecule has 0 aliphatic rings. The van der Waals surface area contributed by atoms with Crippen molar-refractivity contribution in [3.05, 3.63) is 65.2 Å². The molecule has 0 fully saturated rings. The van der Waals surface area contributed by atoms with E-state index >= 15 is 0 Å². The SMILES string of the molecule is Cc1cccc(C)c1OCC(=O)Nc1nnc(S(=O)(=O)Cc2ccccc2)s1. The third kappa shape index (κ3) is 4.93. The number of benzene rings is 2. The van der Waals surface area contributed by atoms with Crippen molar-refractivity contribution >= 4 is 32.2 Å².